The second kappa shape index (κ2) is 1.97. The van der Waals surface area contributed by atoms with Crippen molar-refractivity contribution < 1.29 is 9.84 Å². The monoisotopic (exact) mass is 128 g/mol. The maximum atomic E-state index is 8.92. The zero-order chi connectivity index (χ0) is 6.85. The van der Waals surface area contributed by atoms with Gasteiger partial charge in [-0.1, -0.05) is 0 Å². The Morgan fingerprint density at radius 1 is 1.78 bits per heavy atom. The quantitative estimate of drug-likeness (QED) is 0.585. The van der Waals surface area contributed by atoms with Gasteiger partial charge in [-0.25, -0.2) is 4.68 Å². The van der Waals surface area contributed by atoms with Crippen molar-refractivity contribution in [2.75, 3.05) is 7.11 Å². The number of aromatic nitrogens is 2. The Balaban J connectivity index is 3.07. The molecule has 0 aliphatic carbocycles. The molecule has 1 rings (SSSR count). The van der Waals surface area contributed by atoms with Crippen molar-refractivity contribution in [2.24, 2.45) is 7.05 Å². The second-order valence-corrected chi connectivity index (χ2v) is 1.66. The molecule has 0 aliphatic heterocycles. The highest BCUT2D eigenvalue weighted by atomic mass is 16.5. The lowest BCUT2D eigenvalue weighted by molar-refractivity contribution is 0.345. The van der Waals surface area contributed by atoms with Crippen molar-refractivity contribution in [3.05, 3.63) is 6.20 Å². The number of aromatic hydroxyl groups is 1. The summed E-state index contributed by atoms with van der Waals surface area (Å²) in [5.41, 5.74) is 0. The summed E-state index contributed by atoms with van der Waals surface area (Å²) >= 11 is 0. The van der Waals surface area contributed by atoms with E-state index in [1.54, 1.807) is 7.05 Å². The van der Waals surface area contributed by atoms with Crippen molar-refractivity contribution in [3.63, 3.8) is 0 Å². The van der Waals surface area contributed by atoms with Gasteiger partial charge in [0.15, 0.2) is 5.75 Å². The smallest absolute Gasteiger partial charge is 0.254 e. The van der Waals surface area contributed by atoms with Gasteiger partial charge in [-0.2, -0.15) is 5.10 Å². The molecule has 0 spiro atoms. The molecule has 0 saturated heterocycles. The summed E-state index contributed by atoms with van der Waals surface area (Å²) in [5, 5.41) is 12.7. The number of hydrogen-bond acceptors (Lipinski definition) is 3. The van der Waals surface area contributed by atoms with Gasteiger partial charge in [0.25, 0.3) is 5.88 Å². The summed E-state index contributed by atoms with van der Waals surface area (Å²) in [6.45, 7) is 0. The van der Waals surface area contributed by atoms with Gasteiger partial charge >= 0.3 is 0 Å². The Morgan fingerprint density at radius 3 is 2.67 bits per heavy atom. The van der Waals surface area contributed by atoms with E-state index in [9.17, 15) is 0 Å². The van der Waals surface area contributed by atoms with Gasteiger partial charge in [0.05, 0.1) is 13.3 Å². The Bertz CT molecular complexity index is 187. The molecule has 9 heavy (non-hydrogen) atoms. The standard InChI is InChI=1S/C5H8N2O2/c1-7-5(9-2)4(8)3-6-7/h3,8H,1-2H3. The molecule has 0 unspecified atom stereocenters. The van der Waals surface area contributed by atoms with Crippen LogP contribution < -0.4 is 4.74 Å². The van der Waals surface area contributed by atoms with E-state index < -0.39 is 0 Å². The summed E-state index contributed by atoms with van der Waals surface area (Å²) in [5.74, 6) is 0.454. The maximum Gasteiger partial charge on any atom is 0.254 e. The zero-order valence-electron chi connectivity index (χ0n) is 5.33. The van der Waals surface area contributed by atoms with E-state index in [0.29, 0.717) is 5.88 Å². The number of hydrogen-bond donors (Lipinski definition) is 1. The second-order valence-electron chi connectivity index (χ2n) is 1.66. The third-order valence-corrected chi connectivity index (χ3v) is 1.06. The summed E-state index contributed by atoms with van der Waals surface area (Å²) in [7, 11) is 3.18. The topological polar surface area (TPSA) is 47.3 Å². The van der Waals surface area contributed by atoms with Crippen LogP contribution in [0.25, 0.3) is 0 Å². The molecule has 0 saturated carbocycles. The molecule has 0 aromatic carbocycles. The van der Waals surface area contributed by atoms with Crippen molar-refractivity contribution in [1.82, 2.24) is 9.78 Å². The highest BCUT2D eigenvalue weighted by molar-refractivity contribution is 5.28. The molecule has 0 aliphatic rings. The Hall–Kier alpha value is -1.19. The van der Waals surface area contributed by atoms with E-state index in [4.69, 9.17) is 9.84 Å². The van der Waals surface area contributed by atoms with E-state index in [1.165, 1.54) is 18.0 Å². The largest absolute Gasteiger partial charge is 0.502 e. The van der Waals surface area contributed by atoms with Gasteiger partial charge in [-0.15, -0.1) is 0 Å². The molecule has 1 heterocycles. The van der Waals surface area contributed by atoms with Crippen LogP contribution in [0, 0.1) is 0 Å². The van der Waals surface area contributed by atoms with Crippen LogP contribution in [0.4, 0.5) is 0 Å². The molecular formula is C5H8N2O2. The Morgan fingerprint density at radius 2 is 2.44 bits per heavy atom. The molecule has 50 valence electrons. The number of aryl methyl sites for hydroxylation is 1. The molecule has 4 nitrogen and oxygen atoms in total. The van der Waals surface area contributed by atoms with E-state index in [2.05, 4.69) is 5.10 Å². The normalized spacial score (nSPS) is 9.56. The first kappa shape index (κ1) is 5.94. The van der Waals surface area contributed by atoms with E-state index >= 15 is 0 Å². The average molecular weight is 128 g/mol. The average Bonchev–Trinajstić information content (AvgIpc) is 2.12. The molecule has 4 heteroatoms. The first-order chi connectivity index (χ1) is 4.25. The molecule has 0 fully saturated rings. The van der Waals surface area contributed by atoms with Crippen LogP contribution in [0.3, 0.4) is 0 Å². The van der Waals surface area contributed by atoms with Crippen LogP contribution in [-0.4, -0.2) is 22.0 Å². The first-order valence-corrected chi connectivity index (χ1v) is 2.50. The van der Waals surface area contributed by atoms with Crippen molar-refractivity contribution in [1.29, 1.82) is 0 Å². The number of rotatable bonds is 1. The lowest BCUT2D eigenvalue weighted by Gasteiger charge is -1.97. The number of methoxy groups -OCH3 is 1. The molecule has 1 aromatic rings. The van der Waals surface area contributed by atoms with Gasteiger partial charge in [-0.3, -0.25) is 0 Å². The van der Waals surface area contributed by atoms with Crippen LogP contribution in [0.1, 0.15) is 0 Å². The van der Waals surface area contributed by atoms with Crippen molar-refractivity contribution >= 4 is 0 Å². The zero-order valence-corrected chi connectivity index (χ0v) is 5.33. The number of ether oxygens (including phenoxy) is 1. The minimum Gasteiger partial charge on any atom is -0.502 e. The van der Waals surface area contributed by atoms with Crippen LogP contribution in [0.5, 0.6) is 11.6 Å². The van der Waals surface area contributed by atoms with Crippen molar-refractivity contribution in [3.8, 4) is 11.6 Å². The fraction of sp³-hybridized carbons (Fsp3) is 0.400. The molecule has 0 bridgehead atoms. The van der Waals surface area contributed by atoms with E-state index in [0.717, 1.165) is 0 Å². The van der Waals surface area contributed by atoms with Gasteiger partial charge in [0, 0.05) is 7.05 Å². The van der Waals surface area contributed by atoms with Gasteiger partial charge < -0.3 is 9.84 Å². The molecule has 0 atom stereocenters. The summed E-state index contributed by atoms with van der Waals surface area (Å²) in [6, 6.07) is 0. The fourth-order valence-corrected chi connectivity index (χ4v) is 0.651. The van der Waals surface area contributed by atoms with E-state index in [1.807, 2.05) is 0 Å². The Labute approximate surface area is 52.7 Å². The SMILES string of the molecule is COc1c(O)cnn1C. The first-order valence-electron chi connectivity index (χ1n) is 2.50. The van der Waals surface area contributed by atoms with Crippen LogP contribution in [-0.2, 0) is 7.05 Å². The predicted molar refractivity (Wildman–Crippen MR) is 31.4 cm³/mol. The van der Waals surface area contributed by atoms with Gasteiger partial charge in [0.1, 0.15) is 0 Å². The van der Waals surface area contributed by atoms with E-state index in [-0.39, 0.29) is 5.75 Å². The summed E-state index contributed by atoms with van der Waals surface area (Å²) in [4.78, 5) is 0. The number of nitrogens with zero attached hydrogens (tertiary/aromatic N) is 2. The minimum atomic E-state index is 0.0694. The molecular weight excluding hydrogens is 120 g/mol. The third kappa shape index (κ3) is 0.826. The lowest BCUT2D eigenvalue weighted by atomic mass is 10.6. The predicted octanol–water partition coefficient (Wildman–Crippen LogP) is 0.134. The maximum absolute atomic E-state index is 8.92. The summed E-state index contributed by atoms with van der Waals surface area (Å²) < 4.78 is 6.22. The fourth-order valence-electron chi connectivity index (χ4n) is 0.651. The summed E-state index contributed by atoms with van der Waals surface area (Å²) in [6.07, 6.45) is 1.33. The van der Waals surface area contributed by atoms with Crippen LogP contribution >= 0.6 is 0 Å². The molecule has 0 amide bonds. The molecule has 1 N–H and O–H groups in total. The highest BCUT2D eigenvalue weighted by Crippen LogP contribution is 2.22. The molecule has 1 aromatic heterocycles. The van der Waals surface area contributed by atoms with Crippen LogP contribution in [0.15, 0.2) is 6.20 Å². The Kier molecular flexibility index (Phi) is 1.30. The molecule has 0 radical (unpaired) electrons. The lowest BCUT2D eigenvalue weighted by Crippen LogP contribution is -1.94. The van der Waals surface area contributed by atoms with Crippen molar-refractivity contribution in [2.45, 2.75) is 0 Å². The third-order valence-electron chi connectivity index (χ3n) is 1.06. The van der Waals surface area contributed by atoms with Gasteiger partial charge in [0.2, 0.25) is 0 Å². The highest BCUT2D eigenvalue weighted by Gasteiger charge is 2.04. The van der Waals surface area contributed by atoms with Crippen LogP contribution in [0.2, 0.25) is 0 Å². The minimum absolute atomic E-state index is 0.0694. The van der Waals surface area contributed by atoms with Gasteiger partial charge in [-0.05, 0) is 0 Å².